The minimum atomic E-state index is 0.683. The van der Waals surface area contributed by atoms with E-state index in [1.165, 1.54) is 0 Å². The molecule has 0 saturated carbocycles. The fraction of sp³-hybridized carbons (Fsp3) is 0. The van der Waals surface area contributed by atoms with Crippen molar-refractivity contribution in [2.24, 2.45) is 0 Å². The third-order valence-electron chi connectivity index (χ3n) is 3.69. The van der Waals surface area contributed by atoms with Gasteiger partial charge in [0.15, 0.2) is 5.65 Å². The monoisotopic (exact) mass is 339 g/mol. The number of imidazole rings is 1. The summed E-state index contributed by atoms with van der Waals surface area (Å²) < 4.78 is 0. The maximum atomic E-state index is 5.99. The summed E-state index contributed by atoms with van der Waals surface area (Å²) >= 11 is 12.0. The highest BCUT2D eigenvalue weighted by atomic mass is 35.5. The molecule has 0 spiro atoms. The lowest BCUT2D eigenvalue weighted by molar-refractivity contribution is 1.30. The zero-order chi connectivity index (χ0) is 15.8. The molecule has 0 radical (unpaired) electrons. The first kappa shape index (κ1) is 14.2. The van der Waals surface area contributed by atoms with E-state index in [4.69, 9.17) is 23.2 Å². The summed E-state index contributed by atoms with van der Waals surface area (Å²) in [6, 6.07) is 17.4. The van der Waals surface area contributed by atoms with E-state index in [0.717, 1.165) is 27.9 Å². The normalized spacial score (nSPS) is 11.0. The number of benzene rings is 2. The number of halogens is 2. The van der Waals surface area contributed by atoms with E-state index in [-0.39, 0.29) is 0 Å². The molecule has 0 fully saturated rings. The van der Waals surface area contributed by atoms with Gasteiger partial charge in [0.25, 0.3) is 0 Å². The summed E-state index contributed by atoms with van der Waals surface area (Å²) in [7, 11) is 0. The van der Waals surface area contributed by atoms with Gasteiger partial charge in [0.1, 0.15) is 0 Å². The second-order valence-corrected chi connectivity index (χ2v) is 6.04. The number of nitrogens with zero attached hydrogens (tertiary/aromatic N) is 2. The van der Waals surface area contributed by atoms with E-state index >= 15 is 0 Å². The molecule has 2 heterocycles. The Morgan fingerprint density at radius 2 is 1.39 bits per heavy atom. The predicted molar refractivity (Wildman–Crippen MR) is 94.8 cm³/mol. The Bertz CT molecular complexity index is 974. The van der Waals surface area contributed by atoms with Gasteiger partial charge in [0.2, 0.25) is 0 Å². The van der Waals surface area contributed by atoms with Crippen molar-refractivity contribution in [3.05, 3.63) is 71.0 Å². The number of nitrogens with one attached hydrogen (secondary N) is 1. The molecule has 0 bridgehead atoms. The first-order valence-electron chi connectivity index (χ1n) is 7.07. The molecule has 112 valence electrons. The third-order valence-corrected chi connectivity index (χ3v) is 4.20. The number of H-pyrrole nitrogens is 1. The minimum Gasteiger partial charge on any atom is -0.343 e. The van der Waals surface area contributed by atoms with Crippen LogP contribution in [0.4, 0.5) is 0 Å². The molecule has 4 rings (SSSR count). The molecule has 0 amide bonds. The summed E-state index contributed by atoms with van der Waals surface area (Å²) in [6.45, 7) is 0. The van der Waals surface area contributed by atoms with Gasteiger partial charge in [0.05, 0.1) is 17.5 Å². The quantitative estimate of drug-likeness (QED) is 0.516. The Hall–Kier alpha value is -2.36. The van der Waals surface area contributed by atoms with Crippen LogP contribution in [0, 0.1) is 0 Å². The molecule has 0 aliphatic heterocycles. The van der Waals surface area contributed by atoms with Crippen molar-refractivity contribution in [1.82, 2.24) is 15.0 Å². The number of pyridine rings is 1. The van der Waals surface area contributed by atoms with Crippen molar-refractivity contribution >= 4 is 34.4 Å². The van der Waals surface area contributed by atoms with Crippen LogP contribution in [0.25, 0.3) is 33.5 Å². The van der Waals surface area contributed by atoms with Crippen molar-refractivity contribution in [1.29, 1.82) is 0 Å². The molecule has 0 unspecified atom stereocenters. The van der Waals surface area contributed by atoms with Gasteiger partial charge in [-0.3, -0.25) is 0 Å². The molecule has 5 heteroatoms. The predicted octanol–water partition coefficient (Wildman–Crippen LogP) is 5.60. The largest absolute Gasteiger partial charge is 0.343 e. The second-order valence-electron chi connectivity index (χ2n) is 5.17. The average Bonchev–Trinajstić information content (AvgIpc) is 3.04. The third kappa shape index (κ3) is 2.69. The van der Waals surface area contributed by atoms with E-state index in [2.05, 4.69) is 15.0 Å². The van der Waals surface area contributed by atoms with E-state index in [0.29, 0.717) is 15.7 Å². The zero-order valence-electron chi connectivity index (χ0n) is 11.9. The molecule has 4 aromatic rings. The van der Waals surface area contributed by atoms with Crippen molar-refractivity contribution in [3.8, 4) is 22.4 Å². The van der Waals surface area contributed by atoms with Crippen LogP contribution < -0.4 is 0 Å². The Kier molecular flexibility index (Phi) is 3.52. The molecule has 2 aromatic carbocycles. The number of fused-ring (bicyclic) bond motifs is 1. The van der Waals surface area contributed by atoms with Crippen LogP contribution in [0.5, 0.6) is 0 Å². The molecular weight excluding hydrogens is 329 g/mol. The van der Waals surface area contributed by atoms with Crippen LogP contribution >= 0.6 is 23.2 Å². The number of aromatic nitrogens is 3. The highest BCUT2D eigenvalue weighted by Crippen LogP contribution is 2.31. The van der Waals surface area contributed by atoms with Gasteiger partial charge >= 0.3 is 0 Å². The lowest BCUT2D eigenvalue weighted by Gasteiger charge is -2.07. The van der Waals surface area contributed by atoms with Gasteiger partial charge in [-0.2, -0.15) is 0 Å². The fourth-order valence-corrected chi connectivity index (χ4v) is 2.80. The fourth-order valence-electron chi connectivity index (χ4n) is 2.55. The molecule has 1 N–H and O–H groups in total. The van der Waals surface area contributed by atoms with Crippen molar-refractivity contribution in [2.75, 3.05) is 0 Å². The van der Waals surface area contributed by atoms with Gasteiger partial charge in [-0.05, 0) is 35.9 Å². The van der Waals surface area contributed by atoms with E-state index in [9.17, 15) is 0 Å². The van der Waals surface area contributed by atoms with E-state index in [1.54, 1.807) is 6.33 Å². The summed E-state index contributed by atoms with van der Waals surface area (Å²) in [6.07, 6.45) is 1.66. The van der Waals surface area contributed by atoms with E-state index < -0.39 is 0 Å². The van der Waals surface area contributed by atoms with E-state index in [1.807, 2.05) is 54.6 Å². The molecule has 0 saturated heterocycles. The van der Waals surface area contributed by atoms with Crippen LogP contribution in [-0.4, -0.2) is 15.0 Å². The highest BCUT2D eigenvalue weighted by molar-refractivity contribution is 6.31. The lowest BCUT2D eigenvalue weighted by atomic mass is 10.0. The Morgan fingerprint density at radius 1 is 0.783 bits per heavy atom. The Labute approximate surface area is 142 Å². The second kappa shape index (κ2) is 5.69. The first-order valence-corrected chi connectivity index (χ1v) is 7.82. The van der Waals surface area contributed by atoms with Gasteiger partial charge in [-0.1, -0.05) is 47.5 Å². The topological polar surface area (TPSA) is 41.6 Å². The smallest absolute Gasteiger partial charge is 0.178 e. The first-order chi connectivity index (χ1) is 11.2. The van der Waals surface area contributed by atoms with Crippen LogP contribution in [0.15, 0.2) is 60.9 Å². The summed E-state index contributed by atoms with van der Waals surface area (Å²) in [5.41, 5.74) is 5.53. The maximum Gasteiger partial charge on any atom is 0.178 e. The number of hydrogen-bond acceptors (Lipinski definition) is 2. The van der Waals surface area contributed by atoms with Crippen LogP contribution in [0.3, 0.4) is 0 Å². The lowest BCUT2D eigenvalue weighted by Crippen LogP contribution is -1.89. The molecule has 0 atom stereocenters. The number of rotatable bonds is 2. The number of hydrogen-bond donors (Lipinski definition) is 1. The Balaban J connectivity index is 1.94. The van der Waals surface area contributed by atoms with Crippen molar-refractivity contribution in [2.45, 2.75) is 0 Å². The molecule has 0 aliphatic carbocycles. The van der Waals surface area contributed by atoms with Gasteiger partial charge < -0.3 is 4.98 Å². The summed E-state index contributed by atoms with van der Waals surface area (Å²) in [5.74, 6) is 0. The van der Waals surface area contributed by atoms with Crippen LogP contribution in [0.2, 0.25) is 10.0 Å². The minimum absolute atomic E-state index is 0.683. The molecular formula is C18H11Cl2N3. The zero-order valence-corrected chi connectivity index (χ0v) is 13.4. The Morgan fingerprint density at radius 3 is 2.04 bits per heavy atom. The highest BCUT2D eigenvalue weighted by Gasteiger charge is 2.11. The molecule has 3 nitrogen and oxygen atoms in total. The maximum absolute atomic E-state index is 5.99. The molecule has 2 aromatic heterocycles. The van der Waals surface area contributed by atoms with Gasteiger partial charge in [-0.15, -0.1) is 0 Å². The van der Waals surface area contributed by atoms with Crippen molar-refractivity contribution < 1.29 is 0 Å². The summed E-state index contributed by atoms with van der Waals surface area (Å²) in [4.78, 5) is 12.1. The molecule has 0 aliphatic rings. The number of aromatic amines is 1. The standard InChI is InChI=1S/C18H11Cl2N3/c19-13-5-1-11(2-6-13)15-9-16(12-3-7-14(20)8-4-12)23-18-17(15)21-10-22-18/h1-10H,(H,21,22,23). The van der Waals surface area contributed by atoms with Gasteiger partial charge in [0, 0.05) is 21.2 Å². The SMILES string of the molecule is Clc1ccc(-c2cc(-c3ccc(Cl)cc3)c3[nH]cnc3n2)cc1. The molecule has 23 heavy (non-hydrogen) atoms. The van der Waals surface area contributed by atoms with Crippen LogP contribution in [-0.2, 0) is 0 Å². The average molecular weight is 340 g/mol. The van der Waals surface area contributed by atoms with Crippen LogP contribution in [0.1, 0.15) is 0 Å². The van der Waals surface area contributed by atoms with Crippen molar-refractivity contribution in [3.63, 3.8) is 0 Å². The van der Waals surface area contributed by atoms with Gasteiger partial charge in [-0.25, -0.2) is 9.97 Å². The summed E-state index contributed by atoms with van der Waals surface area (Å²) in [5, 5.41) is 1.41.